The van der Waals surface area contributed by atoms with E-state index in [1.807, 2.05) is 7.05 Å². The molecule has 0 atom stereocenters. The van der Waals surface area contributed by atoms with Gasteiger partial charge in [-0.15, -0.1) is 0 Å². The quantitative estimate of drug-likeness (QED) is 0.365. The summed E-state index contributed by atoms with van der Waals surface area (Å²) in [5.74, 6) is 1.65. The van der Waals surface area contributed by atoms with Gasteiger partial charge in [0.25, 0.3) is 0 Å². The van der Waals surface area contributed by atoms with Crippen LogP contribution in [-0.4, -0.2) is 39.3 Å². The van der Waals surface area contributed by atoms with E-state index >= 15 is 0 Å². The van der Waals surface area contributed by atoms with Crippen LogP contribution in [0, 0.1) is 0 Å². The summed E-state index contributed by atoms with van der Waals surface area (Å²) in [6, 6.07) is 8.40. The molecule has 2 heterocycles. The molecule has 0 spiro atoms. The molecule has 0 fully saturated rings. The standard InChI is InChI=1S/C17H23N7/c1-18-17(21-11-16-22-12-23-24(16)2)19-9-5-6-13-10-20-15-8-4-3-7-14(13)15/h3-4,7-8,10,12,20H,5-6,9,11H2,1-2H3,(H2,18,19,21). The third-order valence-electron chi connectivity index (χ3n) is 4.03. The Kier molecular flexibility index (Phi) is 5.10. The number of nitrogens with zero attached hydrogens (tertiary/aromatic N) is 4. The molecule has 0 aliphatic heterocycles. The SMILES string of the molecule is CN=C(NCCCc1c[nH]c2ccccc12)NCc1ncnn1C. The highest BCUT2D eigenvalue weighted by molar-refractivity contribution is 5.83. The number of aliphatic imine (C=N–C) groups is 1. The molecule has 0 radical (unpaired) electrons. The number of nitrogens with one attached hydrogen (secondary N) is 3. The van der Waals surface area contributed by atoms with Gasteiger partial charge in [-0.2, -0.15) is 5.10 Å². The lowest BCUT2D eigenvalue weighted by atomic mass is 10.1. The summed E-state index contributed by atoms with van der Waals surface area (Å²) >= 11 is 0. The summed E-state index contributed by atoms with van der Waals surface area (Å²) in [6.07, 6.45) is 5.71. The molecule has 0 aliphatic carbocycles. The van der Waals surface area contributed by atoms with Crippen LogP contribution in [-0.2, 0) is 20.0 Å². The molecule has 2 aromatic heterocycles. The zero-order valence-electron chi connectivity index (χ0n) is 14.1. The highest BCUT2D eigenvalue weighted by Gasteiger charge is 2.04. The Balaban J connectivity index is 1.44. The fourth-order valence-electron chi connectivity index (χ4n) is 2.69. The van der Waals surface area contributed by atoms with E-state index in [1.165, 1.54) is 16.5 Å². The van der Waals surface area contributed by atoms with Gasteiger partial charge < -0.3 is 15.6 Å². The predicted octanol–water partition coefficient (Wildman–Crippen LogP) is 1.59. The maximum Gasteiger partial charge on any atom is 0.191 e. The normalized spacial score (nSPS) is 11.8. The first-order valence-electron chi connectivity index (χ1n) is 8.10. The molecule has 0 bridgehead atoms. The first-order chi connectivity index (χ1) is 11.8. The molecule has 0 unspecified atom stereocenters. The molecule has 0 amide bonds. The van der Waals surface area contributed by atoms with Gasteiger partial charge >= 0.3 is 0 Å². The molecule has 0 saturated carbocycles. The molecule has 3 aromatic rings. The lowest BCUT2D eigenvalue weighted by Crippen LogP contribution is -2.38. The first kappa shape index (κ1) is 16.0. The number of hydrogen-bond acceptors (Lipinski definition) is 3. The smallest absolute Gasteiger partial charge is 0.191 e. The van der Waals surface area contributed by atoms with Gasteiger partial charge in [0.05, 0.1) is 6.54 Å². The highest BCUT2D eigenvalue weighted by atomic mass is 15.3. The van der Waals surface area contributed by atoms with Crippen LogP contribution in [0.25, 0.3) is 10.9 Å². The van der Waals surface area contributed by atoms with Crippen LogP contribution in [0.1, 0.15) is 17.8 Å². The Morgan fingerprint density at radius 2 is 2.17 bits per heavy atom. The number of aromatic nitrogens is 4. The summed E-state index contributed by atoms with van der Waals surface area (Å²) in [6.45, 7) is 1.45. The highest BCUT2D eigenvalue weighted by Crippen LogP contribution is 2.18. The molecule has 0 aliphatic rings. The van der Waals surface area contributed by atoms with Crippen LogP contribution in [0.2, 0.25) is 0 Å². The molecule has 7 heteroatoms. The summed E-state index contributed by atoms with van der Waals surface area (Å²) in [4.78, 5) is 11.7. The third kappa shape index (κ3) is 3.73. The van der Waals surface area contributed by atoms with E-state index in [0.717, 1.165) is 31.2 Å². The average molecular weight is 325 g/mol. The van der Waals surface area contributed by atoms with Crippen molar-refractivity contribution in [2.24, 2.45) is 12.0 Å². The maximum atomic E-state index is 4.23. The minimum atomic E-state index is 0.596. The topological polar surface area (TPSA) is 82.9 Å². The molecule has 7 nitrogen and oxygen atoms in total. The lowest BCUT2D eigenvalue weighted by Gasteiger charge is -2.11. The maximum absolute atomic E-state index is 4.23. The molecule has 3 rings (SSSR count). The number of guanidine groups is 1. The number of rotatable bonds is 6. The predicted molar refractivity (Wildman–Crippen MR) is 95.8 cm³/mol. The second kappa shape index (κ2) is 7.63. The van der Waals surface area contributed by atoms with Crippen molar-refractivity contribution in [3.8, 4) is 0 Å². The Morgan fingerprint density at radius 1 is 1.29 bits per heavy atom. The Labute approximate surface area is 141 Å². The van der Waals surface area contributed by atoms with Crippen molar-refractivity contribution in [1.82, 2.24) is 30.4 Å². The number of fused-ring (bicyclic) bond motifs is 1. The molecule has 3 N–H and O–H groups in total. The van der Waals surface area contributed by atoms with E-state index < -0.39 is 0 Å². The second-order valence-corrected chi connectivity index (χ2v) is 5.62. The molecular formula is C17H23N7. The van der Waals surface area contributed by atoms with Crippen molar-refractivity contribution in [1.29, 1.82) is 0 Å². The van der Waals surface area contributed by atoms with E-state index in [0.29, 0.717) is 6.54 Å². The summed E-state index contributed by atoms with van der Waals surface area (Å²) < 4.78 is 1.75. The summed E-state index contributed by atoms with van der Waals surface area (Å²) in [7, 11) is 3.65. The molecule has 0 saturated heterocycles. The van der Waals surface area contributed by atoms with Crippen molar-refractivity contribution in [3.05, 3.63) is 48.2 Å². The van der Waals surface area contributed by atoms with Gasteiger partial charge in [0.2, 0.25) is 0 Å². The van der Waals surface area contributed by atoms with Crippen LogP contribution in [0.15, 0.2) is 41.8 Å². The van der Waals surface area contributed by atoms with Gasteiger partial charge in [-0.25, -0.2) is 4.98 Å². The van der Waals surface area contributed by atoms with Gasteiger partial charge in [0, 0.05) is 37.7 Å². The lowest BCUT2D eigenvalue weighted by molar-refractivity contribution is 0.669. The fourth-order valence-corrected chi connectivity index (χ4v) is 2.69. The van der Waals surface area contributed by atoms with Crippen LogP contribution < -0.4 is 10.6 Å². The van der Waals surface area contributed by atoms with E-state index in [1.54, 1.807) is 18.1 Å². The Morgan fingerprint density at radius 3 is 2.96 bits per heavy atom. The number of para-hydroxylation sites is 1. The van der Waals surface area contributed by atoms with Crippen LogP contribution in [0.3, 0.4) is 0 Å². The van der Waals surface area contributed by atoms with Crippen molar-refractivity contribution in [3.63, 3.8) is 0 Å². The number of H-pyrrole nitrogens is 1. The van der Waals surface area contributed by atoms with Gasteiger partial charge in [-0.1, -0.05) is 18.2 Å². The van der Waals surface area contributed by atoms with Crippen LogP contribution in [0.5, 0.6) is 0 Å². The van der Waals surface area contributed by atoms with E-state index in [-0.39, 0.29) is 0 Å². The molecular weight excluding hydrogens is 302 g/mol. The summed E-state index contributed by atoms with van der Waals surface area (Å²) in [5.41, 5.74) is 2.55. The summed E-state index contributed by atoms with van der Waals surface area (Å²) in [5, 5.41) is 11.9. The van der Waals surface area contributed by atoms with Crippen molar-refractivity contribution in [2.45, 2.75) is 19.4 Å². The van der Waals surface area contributed by atoms with E-state index in [2.05, 4.69) is 61.2 Å². The third-order valence-corrected chi connectivity index (χ3v) is 4.03. The second-order valence-electron chi connectivity index (χ2n) is 5.62. The van der Waals surface area contributed by atoms with Gasteiger partial charge in [0.1, 0.15) is 12.2 Å². The zero-order valence-corrected chi connectivity index (χ0v) is 14.1. The van der Waals surface area contributed by atoms with Crippen molar-refractivity contribution in [2.75, 3.05) is 13.6 Å². The monoisotopic (exact) mass is 325 g/mol. The number of benzene rings is 1. The number of hydrogen-bond donors (Lipinski definition) is 3. The van der Waals surface area contributed by atoms with Crippen LogP contribution in [0.4, 0.5) is 0 Å². The van der Waals surface area contributed by atoms with E-state index in [9.17, 15) is 0 Å². The number of aryl methyl sites for hydroxylation is 2. The largest absolute Gasteiger partial charge is 0.361 e. The van der Waals surface area contributed by atoms with Gasteiger partial charge in [-0.3, -0.25) is 9.67 Å². The van der Waals surface area contributed by atoms with E-state index in [4.69, 9.17) is 0 Å². The van der Waals surface area contributed by atoms with Gasteiger partial charge in [-0.05, 0) is 24.5 Å². The Bertz CT molecular complexity index is 815. The average Bonchev–Trinajstić information content (AvgIpc) is 3.21. The molecule has 24 heavy (non-hydrogen) atoms. The van der Waals surface area contributed by atoms with Crippen molar-refractivity contribution < 1.29 is 0 Å². The first-order valence-corrected chi connectivity index (χ1v) is 8.10. The number of aromatic amines is 1. The van der Waals surface area contributed by atoms with Crippen LogP contribution >= 0.6 is 0 Å². The minimum Gasteiger partial charge on any atom is -0.361 e. The minimum absolute atomic E-state index is 0.596. The molecule has 1 aromatic carbocycles. The Hall–Kier alpha value is -2.83. The fraction of sp³-hybridized carbons (Fsp3) is 0.353. The zero-order chi connectivity index (χ0) is 16.8. The molecule has 126 valence electrons. The van der Waals surface area contributed by atoms with Gasteiger partial charge in [0.15, 0.2) is 5.96 Å². The van der Waals surface area contributed by atoms with Crippen molar-refractivity contribution >= 4 is 16.9 Å².